The minimum absolute atomic E-state index is 0.114. The largest absolute Gasteiger partial charge is 0.457 e. The van der Waals surface area contributed by atoms with Crippen LogP contribution in [0.3, 0.4) is 0 Å². The maximum absolute atomic E-state index is 12.6. The van der Waals surface area contributed by atoms with E-state index in [-0.39, 0.29) is 21.7 Å². The van der Waals surface area contributed by atoms with Crippen molar-refractivity contribution in [2.45, 2.75) is 47.6 Å². The Morgan fingerprint density at radius 3 is 1.92 bits per heavy atom. The molecule has 0 bridgehead atoms. The van der Waals surface area contributed by atoms with E-state index in [1.807, 2.05) is 74.3 Å². The van der Waals surface area contributed by atoms with Crippen LogP contribution in [0.25, 0.3) is 0 Å². The Morgan fingerprint density at radius 1 is 0.840 bits per heavy atom. The predicted octanol–water partition coefficient (Wildman–Crippen LogP) is 11.0. The van der Waals surface area contributed by atoms with Crippen molar-refractivity contribution in [2.75, 3.05) is 7.05 Å². The SMILES string of the molecule is CC1(C)[C@H](C(=O)OC(C#N)c2cccc(Oc3ccccc3)c2)[C@@H]1C=C(Cl)Cl.Cc1ccc(/N=C/N(C)/C=N/c2ccc(C)cc2C)c(C)c1. The van der Waals surface area contributed by atoms with Crippen molar-refractivity contribution in [1.82, 2.24) is 4.90 Å². The van der Waals surface area contributed by atoms with Gasteiger partial charge in [-0.25, -0.2) is 9.98 Å². The van der Waals surface area contributed by atoms with E-state index in [0.29, 0.717) is 17.1 Å². The van der Waals surface area contributed by atoms with Crippen LogP contribution in [0, 0.1) is 56.3 Å². The topological polar surface area (TPSA) is 87.3 Å². The Bertz CT molecular complexity index is 1870. The molecule has 0 heterocycles. The Hall–Kier alpha value is -4.90. The van der Waals surface area contributed by atoms with Crippen molar-refractivity contribution < 1.29 is 14.3 Å². The number of allylic oxidation sites excluding steroid dienone is 1. The highest BCUT2D eigenvalue weighted by atomic mass is 35.5. The standard InChI is InChI=1S/C22H19Cl2NO3.C19H23N3/c1-22(2)17(12-19(23)24)20(22)21(26)28-18(13-25)14-7-6-10-16(11-14)27-15-8-4-3-5-9-15;1-14-6-8-18(16(3)10-14)20-12-22(5)13-21-19-9-7-15(2)11-17(19)4/h3-12,17-18,20H,1-2H3;6-13H,1-5H3/b;20-12+,21-13+/t17-,18?,20-;/m0./s1. The minimum atomic E-state index is -1.03. The number of esters is 1. The lowest BCUT2D eigenvalue weighted by atomic mass is 10.1. The molecule has 50 heavy (non-hydrogen) atoms. The number of ether oxygens (including phenoxy) is 2. The molecule has 0 saturated heterocycles. The Kier molecular flexibility index (Phi) is 13.0. The molecule has 9 heteroatoms. The third-order valence-corrected chi connectivity index (χ3v) is 8.68. The zero-order valence-corrected chi connectivity index (χ0v) is 30.9. The lowest BCUT2D eigenvalue weighted by molar-refractivity contribution is -0.149. The summed E-state index contributed by atoms with van der Waals surface area (Å²) in [5, 5.41) is 9.53. The van der Waals surface area contributed by atoms with E-state index >= 15 is 0 Å². The van der Waals surface area contributed by atoms with Gasteiger partial charge >= 0.3 is 5.97 Å². The van der Waals surface area contributed by atoms with Gasteiger partial charge < -0.3 is 14.4 Å². The third kappa shape index (κ3) is 10.5. The Labute approximate surface area is 305 Å². The van der Waals surface area contributed by atoms with Crippen LogP contribution in [0.5, 0.6) is 11.5 Å². The molecule has 7 nitrogen and oxygen atoms in total. The number of para-hydroxylation sites is 1. The normalized spacial score (nSPS) is 16.5. The van der Waals surface area contributed by atoms with E-state index in [2.05, 4.69) is 61.9 Å². The second-order valence-corrected chi connectivity index (χ2v) is 14.0. The van der Waals surface area contributed by atoms with E-state index < -0.39 is 12.1 Å². The molecule has 0 amide bonds. The summed E-state index contributed by atoms with van der Waals surface area (Å²) in [6.07, 6.45) is 4.18. The van der Waals surface area contributed by atoms with Gasteiger partial charge in [0, 0.05) is 12.6 Å². The number of carbonyl (C=O) groups is 1. The highest BCUT2D eigenvalue weighted by molar-refractivity contribution is 6.55. The second-order valence-electron chi connectivity index (χ2n) is 12.9. The van der Waals surface area contributed by atoms with Crippen molar-refractivity contribution >= 4 is 53.2 Å². The summed E-state index contributed by atoms with van der Waals surface area (Å²) in [5.74, 6) is 0.289. The first kappa shape index (κ1) is 37.9. The quantitative estimate of drug-likeness (QED) is 0.0929. The summed E-state index contributed by atoms with van der Waals surface area (Å²) in [6, 6.07) is 30.8. The van der Waals surface area contributed by atoms with Crippen LogP contribution >= 0.6 is 23.2 Å². The van der Waals surface area contributed by atoms with Gasteiger partial charge in [0.2, 0.25) is 6.10 Å². The zero-order chi connectivity index (χ0) is 36.4. The van der Waals surface area contributed by atoms with Gasteiger partial charge in [0.25, 0.3) is 0 Å². The maximum atomic E-state index is 12.6. The van der Waals surface area contributed by atoms with Crippen LogP contribution in [-0.2, 0) is 9.53 Å². The highest BCUT2D eigenvalue weighted by Crippen LogP contribution is 2.60. The molecule has 4 aromatic carbocycles. The number of hydrogen-bond donors (Lipinski definition) is 0. The van der Waals surface area contributed by atoms with Crippen LogP contribution in [0.4, 0.5) is 11.4 Å². The van der Waals surface area contributed by atoms with Crippen molar-refractivity contribution in [2.24, 2.45) is 27.2 Å². The van der Waals surface area contributed by atoms with Gasteiger partial charge in [-0.3, -0.25) is 4.79 Å². The summed E-state index contributed by atoms with van der Waals surface area (Å²) in [5.41, 5.74) is 7.05. The van der Waals surface area contributed by atoms with Gasteiger partial charge in [-0.15, -0.1) is 0 Å². The molecular formula is C41H42Cl2N4O3. The average Bonchev–Trinajstić information content (AvgIpc) is 3.61. The lowest BCUT2D eigenvalue weighted by Crippen LogP contribution is -2.14. The maximum Gasteiger partial charge on any atom is 0.311 e. The van der Waals surface area contributed by atoms with Crippen molar-refractivity contribution in [1.29, 1.82) is 5.26 Å². The number of carbonyl (C=O) groups excluding carboxylic acids is 1. The molecule has 1 aliphatic carbocycles. The van der Waals surface area contributed by atoms with Crippen LogP contribution in [0.1, 0.15) is 47.8 Å². The van der Waals surface area contributed by atoms with E-state index in [0.717, 1.165) is 11.4 Å². The highest BCUT2D eigenvalue weighted by Gasteiger charge is 2.62. The van der Waals surface area contributed by atoms with E-state index in [4.69, 9.17) is 32.7 Å². The number of hydrogen-bond acceptors (Lipinski definition) is 6. The monoisotopic (exact) mass is 708 g/mol. The van der Waals surface area contributed by atoms with E-state index in [1.165, 1.54) is 22.3 Å². The summed E-state index contributed by atoms with van der Waals surface area (Å²) < 4.78 is 11.4. The number of halogens is 2. The van der Waals surface area contributed by atoms with Crippen molar-refractivity contribution in [3.05, 3.63) is 129 Å². The smallest absolute Gasteiger partial charge is 0.311 e. The first-order chi connectivity index (χ1) is 23.8. The van der Waals surface area contributed by atoms with Crippen molar-refractivity contribution in [3.63, 3.8) is 0 Å². The molecule has 0 spiro atoms. The summed E-state index contributed by atoms with van der Waals surface area (Å²) in [7, 11) is 1.93. The molecule has 258 valence electrons. The Balaban J connectivity index is 0.000000232. The molecule has 4 aromatic rings. The summed E-state index contributed by atoms with van der Waals surface area (Å²) in [6.45, 7) is 12.2. The molecule has 1 unspecified atom stereocenters. The number of nitrogens with zero attached hydrogens (tertiary/aromatic N) is 4. The van der Waals surface area contributed by atoms with Crippen molar-refractivity contribution in [3.8, 4) is 17.6 Å². The fourth-order valence-corrected chi connectivity index (χ4v) is 5.81. The number of aryl methyl sites for hydroxylation is 4. The molecule has 5 rings (SSSR count). The number of aliphatic imine (C=N–C) groups is 2. The average molecular weight is 710 g/mol. The molecule has 1 aliphatic rings. The zero-order valence-electron chi connectivity index (χ0n) is 29.4. The van der Waals surface area contributed by atoms with Gasteiger partial charge in [0.15, 0.2) is 0 Å². The number of rotatable bonds is 10. The fourth-order valence-electron chi connectivity index (χ4n) is 5.54. The minimum Gasteiger partial charge on any atom is -0.457 e. The van der Waals surface area contributed by atoms with Gasteiger partial charge in [-0.05, 0) is 92.6 Å². The molecule has 0 aliphatic heterocycles. The molecule has 1 fully saturated rings. The lowest BCUT2D eigenvalue weighted by Gasteiger charge is -2.13. The molecular weight excluding hydrogens is 667 g/mol. The summed E-state index contributed by atoms with van der Waals surface area (Å²) >= 11 is 11.5. The van der Waals surface area contributed by atoms with E-state index in [1.54, 1.807) is 43.0 Å². The number of benzene rings is 4. The van der Waals surface area contributed by atoms with Gasteiger partial charge in [0.1, 0.15) is 22.1 Å². The molecule has 0 radical (unpaired) electrons. The first-order valence-corrected chi connectivity index (χ1v) is 16.9. The molecule has 1 saturated carbocycles. The Morgan fingerprint density at radius 2 is 1.40 bits per heavy atom. The van der Waals surface area contributed by atoms with E-state index in [9.17, 15) is 10.1 Å². The van der Waals surface area contributed by atoms with Gasteiger partial charge in [0.05, 0.1) is 30.0 Å². The first-order valence-electron chi connectivity index (χ1n) is 16.2. The third-order valence-electron chi connectivity index (χ3n) is 8.42. The van der Waals surface area contributed by atoms with Crippen LogP contribution in [-0.4, -0.2) is 30.6 Å². The van der Waals surface area contributed by atoms with Gasteiger partial charge in [-0.1, -0.05) is 103 Å². The molecule has 0 aromatic heterocycles. The molecule has 3 atom stereocenters. The van der Waals surface area contributed by atoms with Crippen LogP contribution in [0.2, 0.25) is 0 Å². The fraction of sp³-hybridized carbons (Fsp3) is 0.268. The number of nitriles is 1. The molecule has 0 N–H and O–H groups in total. The van der Waals surface area contributed by atoms with Crippen LogP contribution < -0.4 is 4.74 Å². The predicted molar refractivity (Wildman–Crippen MR) is 204 cm³/mol. The van der Waals surface area contributed by atoms with Crippen LogP contribution in [0.15, 0.2) is 112 Å². The van der Waals surface area contributed by atoms with Gasteiger partial charge in [-0.2, -0.15) is 5.26 Å². The summed E-state index contributed by atoms with van der Waals surface area (Å²) in [4.78, 5) is 23.5. The second kappa shape index (κ2) is 17.2.